The molecule has 0 aliphatic carbocycles. The number of benzene rings is 2. The number of thiazole rings is 1. The molecule has 5 rings (SSSR count). The first kappa shape index (κ1) is 20.4. The van der Waals surface area contributed by atoms with Gasteiger partial charge in [-0.05, 0) is 12.1 Å². The summed E-state index contributed by atoms with van der Waals surface area (Å²) in [6, 6.07) is 6.88. The van der Waals surface area contributed by atoms with E-state index in [1.54, 1.807) is 23.1 Å². The number of carbonyl (C=O) groups excluding carboxylic acids is 1. The second kappa shape index (κ2) is 7.58. The van der Waals surface area contributed by atoms with Crippen molar-refractivity contribution in [2.45, 2.75) is 31.0 Å². The van der Waals surface area contributed by atoms with Crippen molar-refractivity contribution in [2.75, 3.05) is 18.4 Å². The molecule has 3 heterocycles. The van der Waals surface area contributed by atoms with Crippen LogP contribution in [0.5, 0.6) is 5.75 Å². The molecule has 0 bridgehead atoms. The lowest BCUT2D eigenvalue weighted by Gasteiger charge is -2.46. The number of piperidine rings is 1. The molecule has 10 heteroatoms. The molecule has 1 unspecified atom stereocenters. The van der Waals surface area contributed by atoms with Crippen LogP contribution >= 0.6 is 22.9 Å². The Hall–Kier alpha value is -2.49. The lowest BCUT2D eigenvalue weighted by Crippen LogP contribution is -2.52. The monoisotopic (exact) mass is 465 g/mol. The molecular weight excluding hydrogens is 448 g/mol. The number of urea groups is 1. The first-order valence-electron chi connectivity index (χ1n) is 9.81. The van der Waals surface area contributed by atoms with E-state index in [1.165, 1.54) is 6.07 Å². The third kappa shape index (κ3) is 3.71. The molecule has 0 radical (unpaired) electrons. The Morgan fingerprint density at radius 3 is 2.87 bits per heavy atom. The Balaban J connectivity index is 1.27. The molecule has 2 aromatic carbocycles. The number of hydrogen-bond donors (Lipinski definition) is 2. The number of carbonyl (C=O) groups is 1. The number of ether oxygens (including phenoxy) is 1. The molecule has 2 N–H and O–H groups in total. The first-order valence-corrected chi connectivity index (χ1v) is 11.0. The van der Waals surface area contributed by atoms with Crippen molar-refractivity contribution in [2.24, 2.45) is 0 Å². The molecule has 2 amide bonds. The summed E-state index contributed by atoms with van der Waals surface area (Å²) in [4.78, 5) is 18.4. The maximum absolute atomic E-state index is 13.9. The van der Waals surface area contributed by atoms with Gasteiger partial charge in [0.2, 0.25) is 0 Å². The quantitative estimate of drug-likeness (QED) is 0.523. The SMILES string of the molecule is O=C(Nc1nc2c(F)cc(F)cc2s1)N1CCC2(CC1)CC(O)c1cccc(Cl)c1O2. The minimum Gasteiger partial charge on any atom is -0.485 e. The zero-order chi connectivity index (χ0) is 21.8. The van der Waals surface area contributed by atoms with Gasteiger partial charge in [0.1, 0.15) is 22.7 Å². The molecular formula is C21H18ClF2N3O3S. The number of halogens is 3. The van der Waals surface area contributed by atoms with Crippen molar-refractivity contribution in [3.05, 3.63) is 52.6 Å². The minimum atomic E-state index is -0.765. The largest absolute Gasteiger partial charge is 0.485 e. The summed E-state index contributed by atoms with van der Waals surface area (Å²) < 4.78 is 33.8. The van der Waals surface area contributed by atoms with Gasteiger partial charge >= 0.3 is 6.03 Å². The molecule has 6 nitrogen and oxygen atoms in total. The summed E-state index contributed by atoms with van der Waals surface area (Å²) in [6.07, 6.45) is 0.809. The highest BCUT2D eigenvalue weighted by Gasteiger charge is 2.44. The molecule has 1 spiro atoms. The van der Waals surface area contributed by atoms with E-state index in [-0.39, 0.29) is 16.7 Å². The van der Waals surface area contributed by atoms with Gasteiger partial charge in [0, 0.05) is 44.0 Å². The first-order chi connectivity index (χ1) is 14.8. The van der Waals surface area contributed by atoms with Crippen molar-refractivity contribution in [1.82, 2.24) is 9.88 Å². The van der Waals surface area contributed by atoms with Crippen LogP contribution in [-0.2, 0) is 0 Å². The lowest BCUT2D eigenvalue weighted by molar-refractivity contribution is -0.0470. The number of fused-ring (bicyclic) bond motifs is 2. The van der Waals surface area contributed by atoms with E-state index >= 15 is 0 Å². The van der Waals surface area contributed by atoms with Crippen LogP contribution in [0.1, 0.15) is 30.9 Å². The van der Waals surface area contributed by atoms with Crippen molar-refractivity contribution in [1.29, 1.82) is 0 Å². The summed E-state index contributed by atoms with van der Waals surface area (Å²) in [5.74, 6) is -0.952. The van der Waals surface area contributed by atoms with Crippen LogP contribution in [0.2, 0.25) is 5.02 Å². The third-order valence-electron chi connectivity index (χ3n) is 5.83. The maximum Gasteiger partial charge on any atom is 0.323 e. The fourth-order valence-electron chi connectivity index (χ4n) is 4.22. The predicted molar refractivity (Wildman–Crippen MR) is 114 cm³/mol. The molecule has 162 valence electrons. The fraction of sp³-hybridized carbons (Fsp3) is 0.333. The Bertz CT molecular complexity index is 1180. The van der Waals surface area contributed by atoms with Crippen LogP contribution in [-0.4, -0.2) is 39.7 Å². The van der Waals surface area contributed by atoms with Gasteiger partial charge in [-0.15, -0.1) is 0 Å². The number of aromatic nitrogens is 1. The number of hydrogen-bond acceptors (Lipinski definition) is 5. The number of likely N-dealkylation sites (tertiary alicyclic amines) is 1. The summed E-state index contributed by atoms with van der Waals surface area (Å²) in [5, 5.41) is 13.9. The Labute approximate surface area is 185 Å². The maximum atomic E-state index is 13.9. The summed E-state index contributed by atoms with van der Waals surface area (Å²) in [7, 11) is 0. The summed E-state index contributed by atoms with van der Waals surface area (Å²) in [5.41, 5.74) is 0.113. The zero-order valence-corrected chi connectivity index (χ0v) is 17.8. The lowest BCUT2D eigenvalue weighted by atomic mass is 9.82. The molecule has 1 atom stereocenters. The van der Waals surface area contributed by atoms with Gasteiger partial charge in [-0.1, -0.05) is 35.1 Å². The number of para-hydroxylation sites is 1. The van der Waals surface area contributed by atoms with E-state index in [9.17, 15) is 18.7 Å². The van der Waals surface area contributed by atoms with Gasteiger partial charge in [-0.25, -0.2) is 18.6 Å². The smallest absolute Gasteiger partial charge is 0.323 e. The highest BCUT2D eigenvalue weighted by Crippen LogP contribution is 2.47. The van der Waals surface area contributed by atoms with Crippen molar-refractivity contribution >= 4 is 44.3 Å². The molecule has 0 saturated carbocycles. The average molecular weight is 466 g/mol. The van der Waals surface area contributed by atoms with Crippen LogP contribution in [0.25, 0.3) is 10.2 Å². The topological polar surface area (TPSA) is 74.7 Å². The van der Waals surface area contributed by atoms with Gasteiger partial charge in [0.05, 0.1) is 15.8 Å². The van der Waals surface area contributed by atoms with Crippen molar-refractivity contribution in [3.63, 3.8) is 0 Å². The van der Waals surface area contributed by atoms with Crippen LogP contribution in [0.15, 0.2) is 30.3 Å². The highest BCUT2D eigenvalue weighted by molar-refractivity contribution is 7.22. The molecule has 2 aliphatic rings. The zero-order valence-electron chi connectivity index (χ0n) is 16.2. The predicted octanol–water partition coefficient (Wildman–Crippen LogP) is 5.11. The van der Waals surface area contributed by atoms with Crippen molar-refractivity contribution < 1.29 is 23.4 Å². The van der Waals surface area contributed by atoms with Crippen LogP contribution in [0.3, 0.4) is 0 Å². The molecule has 31 heavy (non-hydrogen) atoms. The highest BCUT2D eigenvalue weighted by atomic mass is 35.5. The van der Waals surface area contributed by atoms with Crippen LogP contribution < -0.4 is 10.1 Å². The number of nitrogens with zero attached hydrogens (tertiary/aromatic N) is 2. The molecule has 1 fully saturated rings. The second-order valence-electron chi connectivity index (χ2n) is 7.83. The number of anilines is 1. The number of aliphatic hydroxyl groups excluding tert-OH is 1. The standard InChI is InChI=1S/C21H18ClF2N3O3S/c22-13-3-1-2-12-15(28)10-21(30-18(12)13)4-6-27(7-5-21)20(29)26-19-25-17-14(24)8-11(23)9-16(17)31-19/h1-3,8-9,15,28H,4-7,10H2,(H,25,26,29). The number of nitrogens with one attached hydrogen (secondary N) is 1. The van der Waals surface area contributed by atoms with E-state index in [0.29, 0.717) is 53.4 Å². The Kier molecular flexibility index (Phi) is 4.99. The molecule has 2 aliphatic heterocycles. The van der Waals surface area contributed by atoms with Gasteiger partial charge in [0.15, 0.2) is 10.9 Å². The average Bonchev–Trinajstić information content (AvgIpc) is 3.12. The number of rotatable bonds is 1. The third-order valence-corrected chi connectivity index (χ3v) is 7.04. The minimum absolute atomic E-state index is 0.0273. The van der Waals surface area contributed by atoms with Gasteiger partial charge in [-0.3, -0.25) is 5.32 Å². The fourth-order valence-corrected chi connectivity index (χ4v) is 5.34. The van der Waals surface area contributed by atoms with E-state index in [1.807, 2.05) is 0 Å². The van der Waals surface area contributed by atoms with Gasteiger partial charge < -0.3 is 14.7 Å². The van der Waals surface area contributed by atoms with Crippen LogP contribution in [0.4, 0.5) is 18.7 Å². The molecule has 1 saturated heterocycles. The number of aliphatic hydroxyl groups is 1. The Morgan fingerprint density at radius 2 is 2.10 bits per heavy atom. The van der Waals surface area contributed by atoms with Gasteiger partial charge in [-0.2, -0.15) is 0 Å². The van der Waals surface area contributed by atoms with Crippen molar-refractivity contribution in [3.8, 4) is 5.75 Å². The number of amides is 2. The Morgan fingerprint density at radius 1 is 1.32 bits per heavy atom. The molecule has 3 aromatic rings. The second-order valence-corrected chi connectivity index (χ2v) is 9.27. The summed E-state index contributed by atoms with van der Waals surface area (Å²) in [6.45, 7) is 0.818. The normalized spacial score (nSPS) is 19.9. The van der Waals surface area contributed by atoms with E-state index in [0.717, 1.165) is 17.4 Å². The van der Waals surface area contributed by atoms with E-state index in [4.69, 9.17) is 16.3 Å². The van der Waals surface area contributed by atoms with Crippen LogP contribution in [0, 0.1) is 11.6 Å². The summed E-state index contributed by atoms with van der Waals surface area (Å²) >= 11 is 7.28. The van der Waals surface area contributed by atoms with Gasteiger partial charge in [0.25, 0.3) is 0 Å². The van der Waals surface area contributed by atoms with E-state index in [2.05, 4.69) is 10.3 Å². The molecule has 1 aromatic heterocycles. The van der Waals surface area contributed by atoms with E-state index < -0.39 is 23.3 Å².